The van der Waals surface area contributed by atoms with Crippen LogP contribution in [0.1, 0.15) is 11.3 Å². The van der Waals surface area contributed by atoms with E-state index in [9.17, 15) is 16.8 Å². The first-order chi connectivity index (χ1) is 8.70. The van der Waals surface area contributed by atoms with Crippen LogP contribution >= 0.6 is 27.3 Å². The lowest BCUT2D eigenvalue weighted by molar-refractivity contribution is 0.543. The summed E-state index contributed by atoms with van der Waals surface area (Å²) in [7, 11) is -6.53. The number of halogens is 1. The minimum Gasteiger partial charge on any atom is -0.229 e. The van der Waals surface area contributed by atoms with E-state index in [0.717, 1.165) is 3.79 Å². The third kappa shape index (κ3) is 3.78. The first kappa shape index (κ1) is 15.4. The van der Waals surface area contributed by atoms with Crippen molar-refractivity contribution in [1.29, 1.82) is 0 Å². The van der Waals surface area contributed by atoms with Crippen molar-refractivity contribution in [3.8, 4) is 0 Å². The van der Waals surface area contributed by atoms with Crippen LogP contribution in [0.15, 0.2) is 14.7 Å². The molecule has 5 nitrogen and oxygen atoms in total. The Balaban J connectivity index is 2.05. The molecule has 1 aromatic heterocycles. The molecule has 0 spiro atoms. The van der Waals surface area contributed by atoms with Gasteiger partial charge in [-0.3, -0.25) is 0 Å². The van der Waals surface area contributed by atoms with Crippen LogP contribution in [-0.4, -0.2) is 34.9 Å². The average Bonchev–Trinajstić information content (AvgIpc) is 2.79. The second-order valence-corrected chi connectivity index (χ2v) is 11.2. The standard InChI is InChI=1S/C10H14BrNO4S3/c1-7-9(4-10(11)17-7)19(15,16)12-5-8-2-3-18(13,14)6-8/h4,8,12H,2-3,5-6H2,1H3. The van der Waals surface area contributed by atoms with E-state index in [4.69, 9.17) is 0 Å². The van der Waals surface area contributed by atoms with E-state index in [2.05, 4.69) is 20.7 Å². The molecule has 0 amide bonds. The van der Waals surface area contributed by atoms with Crippen molar-refractivity contribution in [3.05, 3.63) is 14.7 Å². The molecule has 1 aliphatic heterocycles. The average molecular weight is 388 g/mol. The fourth-order valence-corrected chi connectivity index (χ4v) is 7.43. The quantitative estimate of drug-likeness (QED) is 0.849. The topological polar surface area (TPSA) is 80.3 Å². The van der Waals surface area contributed by atoms with E-state index in [-0.39, 0.29) is 28.9 Å². The fraction of sp³-hybridized carbons (Fsp3) is 0.600. The van der Waals surface area contributed by atoms with E-state index in [1.54, 1.807) is 13.0 Å². The van der Waals surface area contributed by atoms with Crippen molar-refractivity contribution in [2.75, 3.05) is 18.1 Å². The second-order valence-electron chi connectivity index (χ2n) is 4.59. The highest BCUT2D eigenvalue weighted by Crippen LogP contribution is 2.29. The maximum absolute atomic E-state index is 12.1. The van der Waals surface area contributed by atoms with Crippen LogP contribution in [0.3, 0.4) is 0 Å². The highest BCUT2D eigenvalue weighted by atomic mass is 79.9. The Morgan fingerprint density at radius 2 is 2.21 bits per heavy atom. The van der Waals surface area contributed by atoms with Gasteiger partial charge >= 0.3 is 0 Å². The highest BCUT2D eigenvalue weighted by molar-refractivity contribution is 9.11. The van der Waals surface area contributed by atoms with Gasteiger partial charge in [0.15, 0.2) is 9.84 Å². The number of hydrogen-bond donors (Lipinski definition) is 1. The third-order valence-corrected chi connectivity index (χ3v) is 8.09. The number of aryl methyl sites for hydroxylation is 1. The Kier molecular flexibility index (Phi) is 4.41. The van der Waals surface area contributed by atoms with Gasteiger partial charge in [0.05, 0.1) is 20.2 Å². The van der Waals surface area contributed by atoms with Gasteiger partial charge in [-0.05, 0) is 41.3 Å². The van der Waals surface area contributed by atoms with Gasteiger partial charge in [-0.15, -0.1) is 11.3 Å². The maximum atomic E-state index is 12.1. The maximum Gasteiger partial charge on any atom is 0.241 e. The largest absolute Gasteiger partial charge is 0.241 e. The normalized spacial score (nSPS) is 22.7. The molecule has 1 unspecified atom stereocenters. The smallest absolute Gasteiger partial charge is 0.229 e. The van der Waals surface area contributed by atoms with Gasteiger partial charge in [0, 0.05) is 11.4 Å². The molecule has 1 atom stereocenters. The van der Waals surface area contributed by atoms with Crippen LogP contribution in [0.25, 0.3) is 0 Å². The summed E-state index contributed by atoms with van der Waals surface area (Å²) < 4.78 is 50.1. The summed E-state index contributed by atoms with van der Waals surface area (Å²) in [6.45, 7) is 1.92. The van der Waals surface area contributed by atoms with E-state index in [1.807, 2.05) is 0 Å². The van der Waals surface area contributed by atoms with Gasteiger partial charge in [-0.25, -0.2) is 21.6 Å². The van der Waals surface area contributed by atoms with E-state index < -0.39 is 19.9 Å². The Morgan fingerprint density at radius 1 is 1.53 bits per heavy atom. The van der Waals surface area contributed by atoms with Crippen molar-refractivity contribution in [1.82, 2.24) is 4.72 Å². The predicted octanol–water partition coefficient (Wildman–Crippen LogP) is 1.53. The van der Waals surface area contributed by atoms with Crippen LogP contribution in [0, 0.1) is 12.8 Å². The number of nitrogens with one attached hydrogen (secondary N) is 1. The summed E-state index contributed by atoms with van der Waals surface area (Å²) in [5, 5.41) is 0. The fourth-order valence-electron chi connectivity index (χ4n) is 2.04. The lowest BCUT2D eigenvalue weighted by Gasteiger charge is -2.10. The van der Waals surface area contributed by atoms with Crippen molar-refractivity contribution in [2.45, 2.75) is 18.2 Å². The van der Waals surface area contributed by atoms with Crippen molar-refractivity contribution in [2.24, 2.45) is 5.92 Å². The summed E-state index contributed by atoms with van der Waals surface area (Å²) in [6.07, 6.45) is 0.525. The van der Waals surface area contributed by atoms with Crippen molar-refractivity contribution < 1.29 is 16.8 Å². The molecule has 1 saturated heterocycles. The van der Waals surface area contributed by atoms with Crippen LogP contribution in [0.4, 0.5) is 0 Å². The van der Waals surface area contributed by atoms with Gasteiger partial charge in [0.25, 0.3) is 0 Å². The molecule has 0 radical (unpaired) electrons. The zero-order valence-corrected chi connectivity index (χ0v) is 14.3. The third-order valence-electron chi connectivity index (χ3n) is 3.02. The van der Waals surface area contributed by atoms with E-state index in [1.165, 1.54) is 11.3 Å². The molecule has 2 rings (SSSR count). The monoisotopic (exact) mass is 387 g/mol. The molecular formula is C10H14BrNO4S3. The predicted molar refractivity (Wildman–Crippen MR) is 78.7 cm³/mol. The lowest BCUT2D eigenvalue weighted by atomic mass is 10.1. The summed E-state index contributed by atoms with van der Waals surface area (Å²) in [5.41, 5.74) is 0. The molecule has 1 aliphatic rings. The molecule has 1 fully saturated rings. The minimum absolute atomic E-state index is 0.0713. The van der Waals surface area contributed by atoms with Crippen LogP contribution in [0.5, 0.6) is 0 Å². The minimum atomic E-state index is -3.56. The molecule has 0 aromatic carbocycles. The Morgan fingerprint density at radius 3 is 2.68 bits per heavy atom. The van der Waals surface area contributed by atoms with E-state index in [0.29, 0.717) is 11.3 Å². The Bertz CT molecular complexity index is 678. The van der Waals surface area contributed by atoms with Gasteiger partial charge in [-0.2, -0.15) is 0 Å². The second kappa shape index (κ2) is 5.44. The number of sulfonamides is 1. The van der Waals surface area contributed by atoms with Crippen LogP contribution in [0.2, 0.25) is 0 Å². The molecule has 1 aromatic rings. The lowest BCUT2D eigenvalue weighted by Crippen LogP contribution is -2.30. The molecular weight excluding hydrogens is 374 g/mol. The molecule has 19 heavy (non-hydrogen) atoms. The zero-order valence-electron chi connectivity index (χ0n) is 10.2. The molecule has 0 bridgehead atoms. The Labute approximate surface area is 125 Å². The zero-order chi connectivity index (χ0) is 14.3. The van der Waals surface area contributed by atoms with Crippen molar-refractivity contribution in [3.63, 3.8) is 0 Å². The first-order valence-corrected chi connectivity index (χ1v) is 10.6. The van der Waals surface area contributed by atoms with Crippen LogP contribution < -0.4 is 4.72 Å². The molecule has 0 aliphatic carbocycles. The number of thiophene rings is 1. The molecule has 0 saturated carbocycles. The molecule has 1 N–H and O–H groups in total. The van der Waals surface area contributed by atoms with Gasteiger partial charge in [-0.1, -0.05) is 0 Å². The summed E-state index contributed by atoms with van der Waals surface area (Å²) in [4.78, 5) is 0.962. The summed E-state index contributed by atoms with van der Waals surface area (Å²) in [6, 6.07) is 1.56. The molecule has 9 heteroatoms. The molecule has 108 valence electrons. The van der Waals surface area contributed by atoms with Crippen LogP contribution in [-0.2, 0) is 19.9 Å². The SMILES string of the molecule is Cc1sc(Br)cc1S(=O)(=O)NCC1CCS(=O)(=O)C1. The molecule has 2 heterocycles. The Hall–Kier alpha value is 0.0400. The number of hydrogen-bond acceptors (Lipinski definition) is 5. The van der Waals surface area contributed by atoms with Gasteiger partial charge < -0.3 is 0 Å². The van der Waals surface area contributed by atoms with E-state index >= 15 is 0 Å². The van der Waals surface area contributed by atoms with Gasteiger partial charge in [0.2, 0.25) is 10.0 Å². The van der Waals surface area contributed by atoms with Crippen molar-refractivity contribution >= 4 is 47.1 Å². The summed E-state index contributed by atoms with van der Waals surface area (Å²) >= 11 is 4.61. The number of sulfone groups is 1. The number of rotatable bonds is 4. The summed E-state index contributed by atoms with van der Waals surface area (Å²) in [5.74, 6) is 0.103. The first-order valence-electron chi connectivity index (χ1n) is 5.66. The van der Waals surface area contributed by atoms with Gasteiger partial charge in [0.1, 0.15) is 0 Å². The highest BCUT2D eigenvalue weighted by Gasteiger charge is 2.29.